The summed E-state index contributed by atoms with van der Waals surface area (Å²) in [7, 11) is 0. The fourth-order valence-electron chi connectivity index (χ4n) is 3.12. The van der Waals surface area contributed by atoms with E-state index in [9.17, 15) is 9.90 Å². The van der Waals surface area contributed by atoms with Crippen LogP contribution in [0, 0.1) is 20.8 Å². The third kappa shape index (κ3) is 3.74. The molecule has 2 rings (SSSR count). The maximum atomic E-state index is 11.3. The van der Waals surface area contributed by atoms with E-state index in [1.807, 2.05) is 0 Å². The number of rotatable bonds is 3. The predicted molar refractivity (Wildman–Crippen MR) is 83.6 cm³/mol. The van der Waals surface area contributed by atoms with Crippen molar-refractivity contribution in [1.82, 2.24) is 4.90 Å². The van der Waals surface area contributed by atoms with Crippen LogP contribution in [0.5, 0.6) is 0 Å². The van der Waals surface area contributed by atoms with Crippen LogP contribution in [0.1, 0.15) is 41.5 Å². The Hall–Kier alpha value is -1.06. The number of aryl methyl sites for hydroxylation is 3. The average molecular weight is 298 g/mol. The molecular weight excluding hydrogens is 274 g/mol. The van der Waals surface area contributed by atoms with Crippen molar-refractivity contribution in [2.75, 3.05) is 6.54 Å². The molecule has 0 spiro atoms. The van der Waals surface area contributed by atoms with Crippen molar-refractivity contribution in [2.24, 2.45) is 0 Å². The van der Waals surface area contributed by atoms with Crippen LogP contribution >= 0.6 is 12.4 Å². The summed E-state index contributed by atoms with van der Waals surface area (Å²) in [6.07, 6.45) is 2.91. The van der Waals surface area contributed by atoms with Crippen molar-refractivity contribution in [2.45, 2.75) is 52.6 Å². The topological polar surface area (TPSA) is 40.5 Å². The molecule has 0 bridgehead atoms. The van der Waals surface area contributed by atoms with Gasteiger partial charge < -0.3 is 5.11 Å². The maximum Gasteiger partial charge on any atom is 0.320 e. The summed E-state index contributed by atoms with van der Waals surface area (Å²) in [6, 6.07) is 4.05. The Labute approximate surface area is 127 Å². The van der Waals surface area contributed by atoms with E-state index in [0.717, 1.165) is 32.4 Å². The molecule has 0 radical (unpaired) electrons. The summed E-state index contributed by atoms with van der Waals surface area (Å²) in [6.45, 7) is 7.99. The molecule has 1 aromatic rings. The van der Waals surface area contributed by atoms with Gasteiger partial charge in [0.2, 0.25) is 0 Å². The molecule has 112 valence electrons. The SMILES string of the molecule is Cc1cc(C)c(CN2CCCCC2C(=O)O)c(C)c1.Cl. The number of hydrogen-bond donors (Lipinski definition) is 1. The number of benzene rings is 1. The van der Waals surface area contributed by atoms with Crippen molar-refractivity contribution in [3.05, 3.63) is 34.4 Å². The fraction of sp³-hybridized carbons (Fsp3) is 0.562. The van der Waals surface area contributed by atoms with E-state index < -0.39 is 5.97 Å². The summed E-state index contributed by atoms with van der Waals surface area (Å²) in [5, 5.41) is 9.33. The highest BCUT2D eigenvalue weighted by Crippen LogP contribution is 2.24. The van der Waals surface area contributed by atoms with Gasteiger partial charge in [-0.3, -0.25) is 9.69 Å². The molecule has 1 saturated heterocycles. The lowest BCUT2D eigenvalue weighted by molar-refractivity contribution is -0.144. The van der Waals surface area contributed by atoms with Crippen molar-refractivity contribution in [3.63, 3.8) is 0 Å². The Morgan fingerprint density at radius 3 is 2.40 bits per heavy atom. The molecule has 1 heterocycles. The standard InChI is InChI=1S/C16H23NO2.ClH/c1-11-8-12(2)14(13(3)9-11)10-17-7-5-4-6-15(17)16(18)19;/h8-9,15H,4-7,10H2,1-3H3,(H,18,19);1H. The van der Waals surface area contributed by atoms with Gasteiger partial charge in [-0.15, -0.1) is 12.4 Å². The maximum absolute atomic E-state index is 11.3. The predicted octanol–water partition coefficient (Wildman–Crippen LogP) is 3.47. The Morgan fingerprint density at radius 2 is 1.85 bits per heavy atom. The van der Waals surface area contributed by atoms with E-state index in [1.165, 1.54) is 22.3 Å². The Bertz CT molecular complexity index is 464. The van der Waals surface area contributed by atoms with Crippen molar-refractivity contribution < 1.29 is 9.90 Å². The lowest BCUT2D eigenvalue weighted by Gasteiger charge is -2.33. The van der Waals surface area contributed by atoms with Crippen LogP contribution in [0.4, 0.5) is 0 Å². The summed E-state index contributed by atoms with van der Waals surface area (Å²) in [5.41, 5.74) is 5.10. The number of hydrogen-bond acceptors (Lipinski definition) is 2. The summed E-state index contributed by atoms with van der Waals surface area (Å²) >= 11 is 0. The minimum atomic E-state index is -0.679. The monoisotopic (exact) mass is 297 g/mol. The summed E-state index contributed by atoms with van der Waals surface area (Å²) in [5.74, 6) is -0.679. The van der Waals surface area contributed by atoms with E-state index in [4.69, 9.17) is 0 Å². The van der Waals surface area contributed by atoms with Gasteiger partial charge in [-0.1, -0.05) is 24.1 Å². The van der Waals surface area contributed by atoms with Gasteiger partial charge in [0.05, 0.1) is 0 Å². The van der Waals surface area contributed by atoms with Crippen molar-refractivity contribution >= 4 is 18.4 Å². The first-order chi connectivity index (χ1) is 8.99. The highest BCUT2D eigenvalue weighted by Gasteiger charge is 2.28. The van der Waals surface area contributed by atoms with E-state index in [-0.39, 0.29) is 18.4 Å². The van der Waals surface area contributed by atoms with Crippen LogP contribution in [-0.4, -0.2) is 28.6 Å². The van der Waals surface area contributed by atoms with Crippen LogP contribution < -0.4 is 0 Å². The second kappa shape index (κ2) is 7.09. The minimum absolute atomic E-state index is 0. The molecule has 1 aliphatic rings. The molecule has 0 saturated carbocycles. The van der Waals surface area contributed by atoms with Crippen LogP contribution in [0.2, 0.25) is 0 Å². The Morgan fingerprint density at radius 1 is 1.25 bits per heavy atom. The third-order valence-corrected chi connectivity index (χ3v) is 4.10. The number of nitrogens with zero attached hydrogens (tertiary/aromatic N) is 1. The second-order valence-electron chi connectivity index (χ2n) is 5.70. The van der Waals surface area contributed by atoms with Gasteiger partial charge in [-0.2, -0.15) is 0 Å². The molecule has 0 amide bonds. The van der Waals surface area contributed by atoms with Crippen LogP contribution in [0.15, 0.2) is 12.1 Å². The number of likely N-dealkylation sites (tertiary alicyclic amines) is 1. The Kier molecular flexibility index (Phi) is 6.03. The number of aliphatic carboxylic acids is 1. The first-order valence-corrected chi connectivity index (χ1v) is 7.02. The van der Waals surface area contributed by atoms with Gasteiger partial charge in [0.25, 0.3) is 0 Å². The van der Waals surface area contributed by atoms with Gasteiger partial charge in [0.1, 0.15) is 6.04 Å². The molecule has 3 nitrogen and oxygen atoms in total. The van der Waals surface area contributed by atoms with E-state index in [1.54, 1.807) is 0 Å². The highest BCUT2D eigenvalue weighted by molar-refractivity contribution is 5.85. The van der Waals surface area contributed by atoms with Gasteiger partial charge in [0.15, 0.2) is 0 Å². The van der Waals surface area contributed by atoms with E-state index in [0.29, 0.717) is 0 Å². The molecule has 1 fully saturated rings. The molecule has 1 atom stereocenters. The van der Waals surface area contributed by atoms with Gasteiger partial charge >= 0.3 is 5.97 Å². The fourth-order valence-corrected chi connectivity index (χ4v) is 3.12. The zero-order valence-electron chi connectivity index (χ0n) is 12.5. The zero-order chi connectivity index (χ0) is 14.0. The number of carbonyl (C=O) groups is 1. The molecular formula is C16H24ClNO2. The minimum Gasteiger partial charge on any atom is -0.480 e. The van der Waals surface area contributed by atoms with Crippen LogP contribution in [0.3, 0.4) is 0 Å². The van der Waals surface area contributed by atoms with Gasteiger partial charge in [0, 0.05) is 6.54 Å². The van der Waals surface area contributed by atoms with Crippen molar-refractivity contribution in [1.29, 1.82) is 0 Å². The largest absolute Gasteiger partial charge is 0.480 e. The molecule has 4 heteroatoms. The molecule has 1 unspecified atom stereocenters. The highest BCUT2D eigenvalue weighted by atomic mass is 35.5. The molecule has 1 aliphatic heterocycles. The smallest absolute Gasteiger partial charge is 0.320 e. The zero-order valence-corrected chi connectivity index (χ0v) is 13.3. The van der Waals surface area contributed by atoms with Crippen molar-refractivity contribution in [3.8, 4) is 0 Å². The second-order valence-corrected chi connectivity index (χ2v) is 5.70. The Balaban J connectivity index is 0.00000200. The number of piperidine rings is 1. The third-order valence-electron chi connectivity index (χ3n) is 4.10. The van der Waals surface area contributed by atoms with E-state index in [2.05, 4.69) is 37.8 Å². The number of carboxylic acid groups (broad SMARTS) is 1. The molecule has 0 aliphatic carbocycles. The lowest BCUT2D eigenvalue weighted by atomic mass is 9.96. The number of halogens is 1. The van der Waals surface area contributed by atoms with Crippen LogP contribution in [0.25, 0.3) is 0 Å². The van der Waals surface area contributed by atoms with E-state index >= 15 is 0 Å². The molecule has 0 aromatic heterocycles. The normalized spacial score (nSPS) is 19.4. The number of carboxylic acids is 1. The first-order valence-electron chi connectivity index (χ1n) is 7.02. The quantitative estimate of drug-likeness (QED) is 0.928. The molecule has 1 aromatic carbocycles. The molecule has 20 heavy (non-hydrogen) atoms. The average Bonchev–Trinajstić information content (AvgIpc) is 2.34. The van der Waals surface area contributed by atoms with Gasteiger partial charge in [-0.25, -0.2) is 0 Å². The lowest BCUT2D eigenvalue weighted by Crippen LogP contribution is -2.44. The van der Waals surface area contributed by atoms with Gasteiger partial charge in [-0.05, 0) is 56.8 Å². The van der Waals surface area contributed by atoms with Crippen LogP contribution in [-0.2, 0) is 11.3 Å². The molecule has 1 N–H and O–H groups in total. The first kappa shape index (κ1) is 17.0. The summed E-state index contributed by atoms with van der Waals surface area (Å²) < 4.78 is 0. The summed E-state index contributed by atoms with van der Waals surface area (Å²) in [4.78, 5) is 13.5.